The van der Waals surface area contributed by atoms with E-state index in [1.807, 2.05) is 24.3 Å². The number of nitrogens with one attached hydrogen (secondary N) is 1. The summed E-state index contributed by atoms with van der Waals surface area (Å²) < 4.78 is 0. The second kappa shape index (κ2) is 5.48. The Morgan fingerprint density at radius 3 is 2.53 bits per heavy atom. The first-order valence-corrected chi connectivity index (χ1v) is 6.60. The van der Waals surface area contributed by atoms with Gasteiger partial charge in [-0.25, -0.2) is 4.98 Å². The predicted molar refractivity (Wildman–Crippen MR) is 77.9 cm³/mol. The average molecular weight is 259 g/mol. The van der Waals surface area contributed by atoms with Crippen molar-refractivity contribution in [2.24, 2.45) is 11.7 Å². The third-order valence-electron chi connectivity index (χ3n) is 3.08. The van der Waals surface area contributed by atoms with Crippen LogP contribution in [-0.4, -0.2) is 27.3 Å². The third-order valence-corrected chi connectivity index (χ3v) is 3.08. The number of hydrogen-bond acceptors (Lipinski definition) is 5. The summed E-state index contributed by atoms with van der Waals surface area (Å²) in [6, 6.07) is 7.69. The van der Waals surface area contributed by atoms with Crippen LogP contribution in [0.15, 0.2) is 24.3 Å². The number of nitrogens with zero attached hydrogens (tertiary/aromatic N) is 3. The van der Waals surface area contributed by atoms with Gasteiger partial charge in [0.25, 0.3) is 0 Å². The minimum absolute atomic E-state index is 0.210. The highest BCUT2D eigenvalue weighted by Crippen LogP contribution is 2.20. The second-order valence-electron chi connectivity index (χ2n) is 5.61. The van der Waals surface area contributed by atoms with E-state index in [4.69, 9.17) is 5.73 Å². The second-order valence-corrected chi connectivity index (χ2v) is 5.61. The van der Waals surface area contributed by atoms with Crippen LogP contribution in [0.4, 0.5) is 5.95 Å². The highest BCUT2D eigenvalue weighted by molar-refractivity contribution is 5.74. The van der Waals surface area contributed by atoms with Gasteiger partial charge in [-0.1, -0.05) is 26.0 Å². The van der Waals surface area contributed by atoms with Gasteiger partial charge in [-0.15, -0.1) is 10.2 Å². The predicted octanol–water partition coefficient (Wildman–Crippen LogP) is 2.20. The fraction of sp³-hybridized carbons (Fsp3) is 0.500. The minimum atomic E-state index is -0.210. The molecule has 0 saturated carbocycles. The van der Waals surface area contributed by atoms with Crippen molar-refractivity contribution >= 4 is 17.0 Å². The third kappa shape index (κ3) is 3.38. The Balaban J connectivity index is 2.24. The zero-order valence-corrected chi connectivity index (χ0v) is 11.7. The van der Waals surface area contributed by atoms with Crippen LogP contribution >= 0.6 is 0 Å². The molecule has 3 N–H and O–H groups in total. The first kappa shape index (κ1) is 13.7. The van der Waals surface area contributed by atoms with Gasteiger partial charge in [-0.3, -0.25) is 0 Å². The maximum atomic E-state index is 5.88. The Hall–Kier alpha value is -1.75. The van der Waals surface area contributed by atoms with Gasteiger partial charge < -0.3 is 11.1 Å². The van der Waals surface area contributed by atoms with Crippen LogP contribution in [0, 0.1) is 5.92 Å². The Bertz CT molecular complexity index is 554. The Morgan fingerprint density at radius 2 is 1.89 bits per heavy atom. The van der Waals surface area contributed by atoms with Crippen molar-refractivity contribution in [1.29, 1.82) is 0 Å². The number of fused-ring (bicyclic) bond motifs is 1. The molecule has 0 aliphatic rings. The molecule has 1 heterocycles. The summed E-state index contributed by atoms with van der Waals surface area (Å²) in [5.74, 6) is 1.08. The van der Waals surface area contributed by atoms with Crippen LogP contribution in [0.5, 0.6) is 0 Å². The van der Waals surface area contributed by atoms with E-state index in [1.165, 1.54) is 0 Å². The smallest absolute Gasteiger partial charge is 0.243 e. The molecule has 0 amide bonds. The molecule has 2 aromatic rings. The zero-order valence-electron chi connectivity index (χ0n) is 11.7. The average Bonchev–Trinajstić information content (AvgIpc) is 2.37. The molecule has 0 saturated heterocycles. The summed E-state index contributed by atoms with van der Waals surface area (Å²) in [6.07, 6.45) is 0.958. The van der Waals surface area contributed by atoms with Crippen molar-refractivity contribution in [2.75, 3.05) is 11.9 Å². The minimum Gasteiger partial charge on any atom is -0.346 e. The molecule has 5 nitrogen and oxygen atoms in total. The van der Waals surface area contributed by atoms with Crippen molar-refractivity contribution in [2.45, 2.75) is 32.7 Å². The van der Waals surface area contributed by atoms with E-state index in [0.29, 0.717) is 18.4 Å². The van der Waals surface area contributed by atoms with Crippen molar-refractivity contribution < 1.29 is 0 Å². The van der Waals surface area contributed by atoms with Crippen molar-refractivity contribution in [1.82, 2.24) is 15.2 Å². The molecule has 0 aliphatic carbocycles. The molecule has 1 aromatic carbocycles. The number of rotatable bonds is 5. The van der Waals surface area contributed by atoms with Gasteiger partial charge in [0.15, 0.2) is 0 Å². The molecule has 5 heteroatoms. The molecule has 0 aliphatic heterocycles. The van der Waals surface area contributed by atoms with E-state index in [2.05, 4.69) is 41.3 Å². The van der Waals surface area contributed by atoms with Crippen LogP contribution < -0.4 is 11.1 Å². The standard InChI is InChI=1S/C14H21N5/c1-10(2)8-14(3,9-15)17-13-16-11-6-4-5-7-12(11)18-19-13/h4-7,10H,8-9,15H2,1-3H3,(H,16,17,19). The lowest BCUT2D eigenvalue weighted by molar-refractivity contribution is 0.404. The van der Waals surface area contributed by atoms with Crippen LogP contribution in [0.2, 0.25) is 0 Å². The lowest BCUT2D eigenvalue weighted by atomic mass is 9.91. The molecular weight excluding hydrogens is 238 g/mol. The van der Waals surface area contributed by atoms with Gasteiger partial charge in [0.2, 0.25) is 5.95 Å². The van der Waals surface area contributed by atoms with Gasteiger partial charge in [0, 0.05) is 12.1 Å². The zero-order chi connectivity index (χ0) is 13.9. The van der Waals surface area contributed by atoms with E-state index in [-0.39, 0.29) is 5.54 Å². The van der Waals surface area contributed by atoms with Crippen molar-refractivity contribution in [3.63, 3.8) is 0 Å². The van der Waals surface area contributed by atoms with Crippen molar-refractivity contribution in [3.8, 4) is 0 Å². The topological polar surface area (TPSA) is 76.7 Å². The van der Waals surface area contributed by atoms with Gasteiger partial charge in [0.1, 0.15) is 5.52 Å². The fourth-order valence-corrected chi connectivity index (χ4v) is 2.29. The number of para-hydroxylation sites is 1. The fourth-order valence-electron chi connectivity index (χ4n) is 2.29. The van der Waals surface area contributed by atoms with Gasteiger partial charge in [-0.05, 0) is 31.4 Å². The van der Waals surface area contributed by atoms with E-state index in [1.54, 1.807) is 0 Å². The number of benzene rings is 1. The lowest BCUT2D eigenvalue weighted by Gasteiger charge is -2.30. The van der Waals surface area contributed by atoms with Gasteiger partial charge in [-0.2, -0.15) is 0 Å². The summed E-state index contributed by atoms with van der Waals surface area (Å²) in [5.41, 5.74) is 7.30. The van der Waals surface area contributed by atoms with Crippen LogP contribution in [0.25, 0.3) is 11.0 Å². The quantitative estimate of drug-likeness (QED) is 0.860. The first-order valence-electron chi connectivity index (χ1n) is 6.60. The maximum Gasteiger partial charge on any atom is 0.243 e. The molecule has 1 unspecified atom stereocenters. The number of hydrogen-bond donors (Lipinski definition) is 2. The molecule has 102 valence electrons. The number of anilines is 1. The summed E-state index contributed by atoms with van der Waals surface area (Å²) in [4.78, 5) is 4.48. The monoisotopic (exact) mass is 259 g/mol. The molecule has 2 rings (SSSR count). The molecule has 0 bridgehead atoms. The van der Waals surface area contributed by atoms with Gasteiger partial charge in [0.05, 0.1) is 5.52 Å². The Kier molecular flexibility index (Phi) is 3.95. The summed E-state index contributed by atoms with van der Waals surface area (Å²) in [5, 5.41) is 11.6. The van der Waals surface area contributed by atoms with Crippen LogP contribution in [-0.2, 0) is 0 Å². The normalized spacial score (nSPS) is 14.6. The Labute approximate surface area is 113 Å². The number of nitrogens with two attached hydrogens (primary N) is 1. The molecule has 0 spiro atoms. The van der Waals surface area contributed by atoms with Crippen LogP contribution in [0.1, 0.15) is 27.2 Å². The molecule has 0 radical (unpaired) electrons. The van der Waals surface area contributed by atoms with E-state index in [9.17, 15) is 0 Å². The summed E-state index contributed by atoms with van der Waals surface area (Å²) in [7, 11) is 0. The summed E-state index contributed by atoms with van der Waals surface area (Å²) >= 11 is 0. The largest absolute Gasteiger partial charge is 0.346 e. The van der Waals surface area contributed by atoms with E-state index < -0.39 is 0 Å². The first-order chi connectivity index (χ1) is 9.02. The SMILES string of the molecule is CC(C)CC(C)(CN)Nc1nnc2ccccc2n1. The van der Waals surface area contributed by atoms with Crippen molar-refractivity contribution in [3.05, 3.63) is 24.3 Å². The molecule has 19 heavy (non-hydrogen) atoms. The van der Waals surface area contributed by atoms with E-state index in [0.717, 1.165) is 17.5 Å². The van der Waals surface area contributed by atoms with Gasteiger partial charge >= 0.3 is 0 Å². The number of aromatic nitrogens is 3. The van der Waals surface area contributed by atoms with Crippen LogP contribution in [0.3, 0.4) is 0 Å². The molecule has 1 atom stereocenters. The summed E-state index contributed by atoms with van der Waals surface area (Å²) in [6.45, 7) is 6.97. The van der Waals surface area contributed by atoms with E-state index >= 15 is 0 Å². The maximum absolute atomic E-state index is 5.88. The molecule has 1 aromatic heterocycles. The Morgan fingerprint density at radius 1 is 1.21 bits per heavy atom. The highest BCUT2D eigenvalue weighted by atomic mass is 15.3. The lowest BCUT2D eigenvalue weighted by Crippen LogP contribution is -2.44. The molecular formula is C14H21N5. The highest BCUT2D eigenvalue weighted by Gasteiger charge is 2.24. The molecule has 0 fully saturated rings.